The zero-order chi connectivity index (χ0) is 17.7. The van der Waals surface area contributed by atoms with Gasteiger partial charge in [-0.3, -0.25) is 0 Å². The molecule has 0 N–H and O–H groups in total. The van der Waals surface area contributed by atoms with Gasteiger partial charge in [-0.2, -0.15) is 0 Å². The lowest BCUT2D eigenvalue weighted by Crippen LogP contribution is -2.52. The van der Waals surface area contributed by atoms with E-state index in [-0.39, 0.29) is 5.92 Å². The number of rotatable bonds is 3. The number of hydrogen-bond acceptors (Lipinski definition) is 2. The van der Waals surface area contributed by atoms with Crippen LogP contribution in [0.2, 0.25) is 0 Å². The molecule has 4 fully saturated rings. The fourth-order valence-corrected chi connectivity index (χ4v) is 5.71. The number of allylic oxidation sites excluding steroid dienone is 3. The Morgan fingerprint density at radius 2 is 1.67 bits per heavy atom. The fraction of sp³-hybridized carbons (Fsp3) is 0.727. The van der Waals surface area contributed by atoms with Gasteiger partial charge < -0.3 is 9.59 Å². The summed E-state index contributed by atoms with van der Waals surface area (Å²) in [5.41, 5.74) is 3.50. The molecule has 4 saturated carbocycles. The highest BCUT2D eigenvalue weighted by molar-refractivity contribution is 5.60. The monoisotopic (exact) mass is 328 g/mol. The minimum atomic E-state index is 0.168. The van der Waals surface area contributed by atoms with E-state index in [1.807, 2.05) is 0 Å². The molecule has 0 amide bonds. The Labute approximate surface area is 146 Å². The third-order valence-electron chi connectivity index (χ3n) is 8.00. The molecule has 5 atom stereocenters. The summed E-state index contributed by atoms with van der Waals surface area (Å²) in [6.45, 7) is 13.3. The SMILES string of the molecule is C=C1C(C=O)C[C@@H]2C[C@H]1C2(C)C.CC1(C)[C@@H]2CC=C(CC=O)[C@H]1C2. The molecule has 0 heterocycles. The van der Waals surface area contributed by atoms with E-state index in [1.165, 1.54) is 30.4 Å². The van der Waals surface area contributed by atoms with Crippen molar-refractivity contribution in [1.29, 1.82) is 0 Å². The number of carbonyl (C=O) groups is 2. The molecule has 0 spiro atoms. The van der Waals surface area contributed by atoms with Crippen molar-refractivity contribution in [3.8, 4) is 0 Å². The molecule has 2 nitrogen and oxygen atoms in total. The molecular weight excluding hydrogens is 296 g/mol. The third kappa shape index (κ3) is 2.53. The van der Waals surface area contributed by atoms with Crippen molar-refractivity contribution in [2.45, 2.75) is 59.8 Å². The average molecular weight is 328 g/mol. The van der Waals surface area contributed by atoms with Crippen LogP contribution in [0.4, 0.5) is 0 Å². The van der Waals surface area contributed by atoms with E-state index in [2.05, 4.69) is 40.3 Å². The van der Waals surface area contributed by atoms with Crippen LogP contribution in [-0.4, -0.2) is 12.6 Å². The van der Waals surface area contributed by atoms with Crippen LogP contribution in [0.25, 0.3) is 0 Å². The highest BCUT2D eigenvalue weighted by Crippen LogP contribution is 2.62. The first-order chi connectivity index (χ1) is 11.2. The van der Waals surface area contributed by atoms with Crippen LogP contribution in [0.15, 0.2) is 23.8 Å². The van der Waals surface area contributed by atoms with Gasteiger partial charge in [-0.05, 0) is 60.2 Å². The van der Waals surface area contributed by atoms with Gasteiger partial charge in [0.05, 0.1) is 0 Å². The highest BCUT2D eigenvalue weighted by atomic mass is 16.1. The molecule has 6 aliphatic rings. The smallest absolute Gasteiger partial charge is 0.127 e. The second-order valence-corrected chi connectivity index (χ2v) is 9.55. The summed E-state index contributed by atoms with van der Waals surface area (Å²) in [7, 11) is 0. The Balaban J connectivity index is 0.000000141. The fourth-order valence-electron chi connectivity index (χ4n) is 5.71. The van der Waals surface area contributed by atoms with Crippen LogP contribution in [0.1, 0.15) is 59.8 Å². The predicted octanol–water partition coefficient (Wildman–Crippen LogP) is 4.99. The first kappa shape index (κ1) is 17.6. The number of fused-ring (bicyclic) bond motifs is 3. The molecule has 0 aromatic carbocycles. The van der Waals surface area contributed by atoms with E-state index < -0.39 is 0 Å². The van der Waals surface area contributed by atoms with Crippen molar-refractivity contribution in [3.05, 3.63) is 23.8 Å². The predicted molar refractivity (Wildman–Crippen MR) is 97.4 cm³/mol. The van der Waals surface area contributed by atoms with E-state index in [0.29, 0.717) is 29.1 Å². The Bertz CT molecular complexity index is 579. The molecule has 132 valence electrons. The van der Waals surface area contributed by atoms with Gasteiger partial charge in [-0.15, -0.1) is 0 Å². The second-order valence-electron chi connectivity index (χ2n) is 9.55. The Morgan fingerprint density at radius 3 is 2.12 bits per heavy atom. The summed E-state index contributed by atoms with van der Waals surface area (Å²) in [6.07, 6.45) is 9.93. The standard InChI is InChI=1S/2C11H16O/c1-7-8(6-12)4-9-5-10(7)11(9,2)3;1-11(2)9-4-3-8(5-6-12)10(11)7-9/h6,8-10H,1,4-5H2,2-3H3;3,6,9-10H,4-5,7H2,1-2H3/t8?,9-,10-;9-,10-/m11/s1. The van der Waals surface area contributed by atoms with Crippen molar-refractivity contribution in [2.24, 2.45) is 40.4 Å². The zero-order valence-electron chi connectivity index (χ0n) is 15.7. The van der Waals surface area contributed by atoms with Gasteiger partial charge in [-0.25, -0.2) is 0 Å². The first-order valence-corrected chi connectivity index (χ1v) is 9.50. The van der Waals surface area contributed by atoms with Gasteiger partial charge in [0, 0.05) is 12.3 Å². The van der Waals surface area contributed by atoms with Crippen molar-refractivity contribution in [1.82, 2.24) is 0 Å². The zero-order valence-corrected chi connectivity index (χ0v) is 15.7. The first-order valence-electron chi connectivity index (χ1n) is 9.50. The molecule has 0 radical (unpaired) electrons. The van der Waals surface area contributed by atoms with E-state index >= 15 is 0 Å². The van der Waals surface area contributed by atoms with Crippen molar-refractivity contribution in [3.63, 3.8) is 0 Å². The molecule has 0 saturated heterocycles. The van der Waals surface area contributed by atoms with Crippen molar-refractivity contribution in [2.75, 3.05) is 0 Å². The molecule has 6 rings (SSSR count). The minimum absolute atomic E-state index is 0.168. The number of aldehydes is 2. The maximum absolute atomic E-state index is 10.7. The summed E-state index contributed by atoms with van der Waals surface area (Å²) < 4.78 is 0. The van der Waals surface area contributed by atoms with Gasteiger partial charge in [0.15, 0.2) is 0 Å². The van der Waals surface area contributed by atoms with Crippen LogP contribution in [-0.2, 0) is 9.59 Å². The summed E-state index contributed by atoms with van der Waals surface area (Å²) in [6, 6.07) is 0. The van der Waals surface area contributed by atoms with Gasteiger partial charge in [0.25, 0.3) is 0 Å². The molecule has 0 aromatic rings. The number of hydrogen-bond donors (Lipinski definition) is 0. The lowest BCUT2D eigenvalue weighted by Gasteiger charge is -2.59. The van der Waals surface area contributed by atoms with Crippen LogP contribution >= 0.6 is 0 Å². The molecule has 6 aliphatic carbocycles. The van der Waals surface area contributed by atoms with Gasteiger partial charge in [0.1, 0.15) is 12.6 Å². The molecule has 0 aromatic heterocycles. The summed E-state index contributed by atoms with van der Waals surface area (Å²) >= 11 is 0. The molecule has 4 bridgehead atoms. The number of carbonyl (C=O) groups excluding carboxylic acids is 2. The summed E-state index contributed by atoms with van der Waals surface area (Å²) in [5.74, 6) is 3.15. The Kier molecular flexibility index (Phi) is 4.38. The molecule has 2 heteroatoms. The van der Waals surface area contributed by atoms with Gasteiger partial charge in [-0.1, -0.05) is 51.5 Å². The van der Waals surface area contributed by atoms with Crippen LogP contribution in [0.5, 0.6) is 0 Å². The largest absolute Gasteiger partial charge is 0.303 e. The second kappa shape index (κ2) is 5.97. The van der Waals surface area contributed by atoms with E-state index in [4.69, 9.17) is 0 Å². The summed E-state index contributed by atoms with van der Waals surface area (Å²) in [4.78, 5) is 21.1. The molecule has 24 heavy (non-hydrogen) atoms. The van der Waals surface area contributed by atoms with Crippen molar-refractivity contribution >= 4 is 12.6 Å². The normalized spacial score (nSPS) is 40.1. The Hall–Kier alpha value is -1.18. The average Bonchev–Trinajstić information content (AvgIpc) is 2.55. The highest BCUT2D eigenvalue weighted by Gasteiger charge is 2.54. The maximum atomic E-state index is 10.7. The lowest BCUT2D eigenvalue weighted by molar-refractivity contribution is -0.116. The third-order valence-corrected chi connectivity index (χ3v) is 8.00. The van der Waals surface area contributed by atoms with Crippen LogP contribution in [0, 0.1) is 40.4 Å². The van der Waals surface area contributed by atoms with E-state index in [9.17, 15) is 9.59 Å². The van der Waals surface area contributed by atoms with E-state index in [1.54, 1.807) is 0 Å². The Morgan fingerprint density at radius 1 is 1.04 bits per heavy atom. The maximum Gasteiger partial charge on any atom is 0.127 e. The van der Waals surface area contributed by atoms with Gasteiger partial charge in [0.2, 0.25) is 0 Å². The summed E-state index contributed by atoms with van der Waals surface area (Å²) in [5, 5.41) is 0. The minimum Gasteiger partial charge on any atom is -0.303 e. The topological polar surface area (TPSA) is 34.1 Å². The molecular formula is C22H32O2. The lowest BCUT2D eigenvalue weighted by atomic mass is 9.45. The molecule has 1 unspecified atom stereocenters. The van der Waals surface area contributed by atoms with Gasteiger partial charge >= 0.3 is 0 Å². The van der Waals surface area contributed by atoms with Crippen LogP contribution < -0.4 is 0 Å². The van der Waals surface area contributed by atoms with Crippen LogP contribution in [0.3, 0.4) is 0 Å². The van der Waals surface area contributed by atoms with E-state index in [0.717, 1.165) is 30.8 Å². The van der Waals surface area contributed by atoms with Crippen molar-refractivity contribution < 1.29 is 9.59 Å². The molecule has 0 aliphatic heterocycles. The quantitative estimate of drug-likeness (QED) is 0.540.